The van der Waals surface area contributed by atoms with Crippen LogP contribution in [0.3, 0.4) is 0 Å². The fourth-order valence-electron chi connectivity index (χ4n) is 2.84. The maximum Gasteiger partial charge on any atom is 0.291 e. The molecule has 9 heteroatoms. The van der Waals surface area contributed by atoms with Crippen molar-refractivity contribution >= 4 is 29.5 Å². The number of benzene rings is 2. The molecular weight excluding hydrogens is 404 g/mol. The van der Waals surface area contributed by atoms with Gasteiger partial charge in [-0.1, -0.05) is 18.2 Å². The Labute approximate surface area is 175 Å². The minimum absolute atomic E-state index is 0.0170. The van der Waals surface area contributed by atoms with Crippen LogP contribution in [0.4, 0.5) is 5.69 Å². The molecule has 0 radical (unpaired) electrons. The summed E-state index contributed by atoms with van der Waals surface area (Å²) in [4.78, 5) is 36.4. The van der Waals surface area contributed by atoms with E-state index in [1.54, 1.807) is 24.3 Å². The van der Waals surface area contributed by atoms with E-state index >= 15 is 0 Å². The van der Waals surface area contributed by atoms with E-state index in [4.69, 9.17) is 13.9 Å². The van der Waals surface area contributed by atoms with Gasteiger partial charge in [-0.3, -0.25) is 9.59 Å². The molecular formula is C22H15N2O7-. The molecule has 2 heterocycles. The number of carboxylic acids is 1. The first-order valence-electron chi connectivity index (χ1n) is 9.08. The number of rotatable bonds is 6. The third-order valence-corrected chi connectivity index (χ3v) is 4.30. The number of amides is 2. The monoisotopic (exact) mass is 419 g/mol. The van der Waals surface area contributed by atoms with Crippen LogP contribution in [0, 0.1) is 0 Å². The third kappa shape index (κ3) is 4.56. The van der Waals surface area contributed by atoms with E-state index in [2.05, 4.69) is 10.6 Å². The minimum Gasteiger partial charge on any atom is -0.545 e. The van der Waals surface area contributed by atoms with E-state index in [1.807, 2.05) is 0 Å². The van der Waals surface area contributed by atoms with Crippen molar-refractivity contribution in [3.63, 3.8) is 0 Å². The Bertz CT molecular complexity index is 1180. The number of carbonyl (C=O) groups excluding carboxylic acids is 3. The predicted molar refractivity (Wildman–Crippen MR) is 106 cm³/mol. The number of ether oxygens (including phenoxy) is 2. The number of hydrogen-bond donors (Lipinski definition) is 2. The van der Waals surface area contributed by atoms with Gasteiger partial charge in [0.05, 0.1) is 12.2 Å². The molecule has 1 aliphatic rings. The average Bonchev–Trinajstić information content (AvgIpc) is 3.45. The minimum atomic E-state index is -1.38. The lowest BCUT2D eigenvalue weighted by molar-refractivity contribution is -0.255. The summed E-state index contributed by atoms with van der Waals surface area (Å²) in [5.74, 6) is -1.58. The van der Waals surface area contributed by atoms with E-state index in [1.165, 1.54) is 42.7 Å². The fourth-order valence-corrected chi connectivity index (χ4v) is 2.84. The van der Waals surface area contributed by atoms with Crippen molar-refractivity contribution in [2.75, 3.05) is 12.1 Å². The van der Waals surface area contributed by atoms with Gasteiger partial charge >= 0.3 is 0 Å². The zero-order valence-electron chi connectivity index (χ0n) is 15.9. The Morgan fingerprint density at radius 1 is 0.968 bits per heavy atom. The highest BCUT2D eigenvalue weighted by molar-refractivity contribution is 6.10. The van der Waals surface area contributed by atoms with E-state index in [9.17, 15) is 19.5 Å². The second-order valence-corrected chi connectivity index (χ2v) is 6.42. The topological polar surface area (TPSA) is 130 Å². The van der Waals surface area contributed by atoms with E-state index in [0.717, 1.165) is 0 Å². The summed E-state index contributed by atoms with van der Waals surface area (Å²) in [6.07, 6.45) is 2.78. The van der Waals surface area contributed by atoms with Crippen molar-refractivity contribution in [3.8, 4) is 11.5 Å². The zero-order chi connectivity index (χ0) is 21.8. The number of aromatic carboxylic acids is 1. The summed E-state index contributed by atoms with van der Waals surface area (Å²) in [5, 5.41) is 16.1. The van der Waals surface area contributed by atoms with Crippen molar-refractivity contribution in [3.05, 3.63) is 83.4 Å². The molecule has 0 atom stereocenters. The number of hydrogen-bond acceptors (Lipinski definition) is 7. The molecule has 0 spiro atoms. The van der Waals surface area contributed by atoms with Crippen LogP contribution >= 0.6 is 0 Å². The van der Waals surface area contributed by atoms with Crippen LogP contribution in [0.15, 0.2) is 71.0 Å². The number of carboxylic acid groups (broad SMARTS) is 1. The Balaban J connectivity index is 1.62. The lowest BCUT2D eigenvalue weighted by Crippen LogP contribution is -2.30. The van der Waals surface area contributed by atoms with Gasteiger partial charge in [-0.15, -0.1) is 0 Å². The Hall–Kier alpha value is -4.53. The maximum atomic E-state index is 12.9. The van der Waals surface area contributed by atoms with Gasteiger partial charge in [0.2, 0.25) is 6.79 Å². The summed E-state index contributed by atoms with van der Waals surface area (Å²) in [6, 6.07) is 13.6. The Kier molecular flexibility index (Phi) is 5.39. The molecule has 9 nitrogen and oxygen atoms in total. The maximum absolute atomic E-state index is 12.9. The van der Waals surface area contributed by atoms with Crippen LogP contribution in [0.5, 0.6) is 11.5 Å². The Morgan fingerprint density at radius 3 is 2.58 bits per heavy atom. The highest BCUT2D eigenvalue weighted by Gasteiger charge is 2.18. The molecule has 2 amide bonds. The highest BCUT2D eigenvalue weighted by atomic mass is 16.7. The zero-order valence-corrected chi connectivity index (χ0v) is 15.9. The molecule has 0 aliphatic carbocycles. The molecule has 2 aromatic carbocycles. The molecule has 3 aromatic rings. The molecule has 2 N–H and O–H groups in total. The molecule has 31 heavy (non-hydrogen) atoms. The van der Waals surface area contributed by atoms with Gasteiger partial charge < -0.3 is 34.4 Å². The lowest BCUT2D eigenvalue weighted by atomic mass is 10.1. The van der Waals surface area contributed by atoms with E-state index < -0.39 is 17.8 Å². The molecule has 0 saturated heterocycles. The molecule has 156 valence electrons. The quantitative estimate of drug-likeness (QED) is 0.583. The average molecular weight is 419 g/mol. The molecule has 0 unspecified atom stereocenters. The molecule has 4 rings (SSSR count). The van der Waals surface area contributed by atoms with Crippen LogP contribution in [-0.2, 0) is 4.79 Å². The van der Waals surface area contributed by atoms with Crippen molar-refractivity contribution in [2.45, 2.75) is 0 Å². The van der Waals surface area contributed by atoms with Gasteiger partial charge in [-0.05, 0) is 53.6 Å². The predicted octanol–water partition coefficient (Wildman–Crippen LogP) is 1.78. The number of furan rings is 1. The SMILES string of the molecule is O=C(Nc1cccc(C(=O)[O-])c1)/C(=C/c1ccc2c(c1)OCO2)NC(=O)c1ccco1. The van der Waals surface area contributed by atoms with E-state index in [0.29, 0.717) is 17.1 Å². The molecule has 1 aliphatic heterocycles. The molecule has 0 bridgehead atoms. The standard InChI is InChI=1S/C22H16N2O7/c25-20(23-15-4-1-3-14(11-15)22(27)28)16(24-21(26)18-5-2-8-29-18)9-13-6-7-17-19(10-13)31-12-30-17/h1-11H,12H2,(H,23,25)(H,24,26)(H,27,28)/p-1/b16-9-. The van der Waals surface area contributed by atoms with Crippen molar-refractivity contribution in [1.29, 1.82) is 0 Å². The van der Waals surface area contributed by atoms with Crippen LogP contribution in [0.25, 0.3) is 6.08 Å². The number of fused-ring (bicyclic) bond motifs is 1. The number of carbonyl (C=O) groups is 3. The summed E-state index contributed by atoms with van der Waals surface area (Å²) < 4.78 is 15.7. The normalized spacial score (nSPS) is 12.3. The van der Waals surface area contributed by atoms with Crippen molar-refractivity contribution < 1.29 is 33.4 Å². The lowest BCUT2D eigenvalue weighted by Gasteiger charge is -2.12. The van der Waals surface area contributed by atoms with Gasteiger partial charge in [-0.2, -0.15) is 0 Å². The summed E-state index contributed by atoms with van der Waals surface area (Å²) in [7, 11) is 0. The van der Waals surface area contributed by atoms with Crippen molar-refractivity contribution in [1.82, 2.24) is 5.32 Å². The van der Waals surface area contributed by atoms with Gasteiger partial charge in [0.1, 0.15) is 5.70 Å². The largest absolute Gasteiger partial charge is 0.545 e. The van der Waals surface area contributed by atoms with Gasteiger partial charge in [-0.25, -0.2) is 0 Å². The van der Waals surface area contributed by atoms with Gasteiger partial charge in [0, 0.05) is 5.69 Å². The van der Waals surface area contributed by atoms with Crippen molar-refractivity contribution in [2.24, 2.45) is 0 Å². The second kappa shape index (κ2) is 8.46. The van der Waals surface area contributed by atoms with Crippen LogP contribution in [-0.4, -0.2) is 24.6 Å². The first-order chi connectivity index (χ1) is 15.0. The number of nitrogens with one attached hydrogen (secondary N) is 2. The molecule has 0 fully saturated rings. The Morgan fingerprint density at radius 2 is 1.81 bits per heavy atom. The van der Waals surface area contributed by atoms with Crippen LogP contribution in [0.2, 0.25) is 0 Å². The van der Waals surface area contributed by atoms with Crippen LogP contribution in [0.1, 0.15) is 26.5 Å². The van der Waals surface area contributed by atoms with E-state index in [-0.39, 0.29) is 29.5 Å². The second-order valence-electron chi connectivity index (χ2n) is 6.42. The highest BCUT2D eigenvalue weighted by Crippen LogP contribution is 2.33. The van der Waals surface area contributed by atoms with Gasteiger partial charge in [0.15, 0.2) is 17.3 Å². The first-order valence-corrected chi connectivity index (χ1v) is 9.08. The van der Waals surface area contributed by atoms with Crippen LogP contribution < -0.4 is 25.2 Å². The molecule has 1 aromatic heterocycles. The summed E-state index contributed by atoms with van der Waals surface area (Å²) in [5.41, 5.74) is 0.589. The fraction of sp³-hybridized carbons (Fsp3) is 0.0455. The number of anilines is 1. The first kappa shape index (κ1) is 19.8. The summed E-state index contributed by atoms with van der Waals surface area (Å²) in [6.45, 7) is 0.0971. The summed E-state index contributed by atoms with van der Waals surface area (Å²) >= 11 is 0. The van der Waals surface area contributed by atoms with Gasteiger partial charge in [0.25, 0.3) is 11.8 Å². The molecule has 0 saturated carbocycles. The smallest absolute Gasteiger partial charge is 0.291 e. The third-order valence-electron chi connectivity index (χ3n) is 4.30.